The van der Waals surface area contributed by atoms with Gasteiger partial charge in [0.25, 0.3) is 0 Å². The topological polar surface area (TPSA) is 63.8 Å². The molecule has 3 aromatic rings. The Balaban J connectivity index is 1.66. The molecule has 3 rings (SSSR count). The number of carbonyl (C=O) groups excluding carboxylic acids is 1. The van der Waals surface area contributed by atoms with E-state index in [1.807, 2.05) is 31.2 Å². The quantitative estimate of drug-likeness (QED) is 0.518. The van der Waals surface area contributed by atoms with E-state index in [4.69, 9.17) is 9.15 Å². The molecule has 0 aliphatic heterocycles. The average Bonchev–Trinajstić information content (AvgIpc) is 3.05. The number of hydrogen-bond acceptors (Lipinski definition) is 4. The monoisotopic (exact) mass is 364 g/mol. The highest BCUT2D eigenvalue weighted by Gasteiger charge is 2.13. The van der Waals surface area contributed by atoms with Gasteiger partial charge in [-0.15, -0.1) is 0 Å². The first kappa shape index (κ1) is 18.7. The SMILES string of the molecule is CCOc1ccc2oc(C(=O)N/N=C/c3ccc(C(C)(C)C)cc3)cc2c1. The lowest BCUT2D eigenvalue weighted by Gasteiger charge is -2.18. The Morgan fingerprint density at radius 2 is 1.89 bits per heavy atom. The second-order valence-corrected chi connectivity index (χ2v) is 7.31. The molecule has 140 valence electrons. The van der Waals surface area contributed by atoms with Crippen LogP contribution in [0.1, 0.15) is 49.4 Å². The molecule has 0 saturated heterocycles. The van der Waals surface area contributed by atoms with E-state index >= 15 is 0 Å². The smallest absolute Gasteiger partial charge is 0.307 e. The highest BCUT2D eigenvalue weighted by Crippen LogP contribution is 2.24. The molecule has 1 aromatic heterocycles. The lowest BCUT2D eigenvalue weighted by molar-refractivity contribution is 0.0929. The van der Waals surface area contributed by atoms with Crippen LogP contribution in [0.2, 0.25) is 0 Å². The van der Waals surface area contributed by atoms with Crippen LogP contribution in [0.25, 0.3) is 11.0 Å². The van der Waals surface area contributed by atoms with Crippen molar-refractivity contribution in [3.8, 4) is 5.75 Å². The number of rotatable bonds is 5. The fourth-order valence-electron chi connectivity index (χ4n) is 2.68. The van der Waals surface area contributed by atoms with Gasteiger partial charge in [-0.2, -0.15) is 5.10 Å². The molecule has 5 nitrogen and oxygen atoms in total. The molecule has 0 spiro atoms. The molecule has 1 N–H and O–H groups in total. The normalized spacial score (nSPS) is 11.9. The fraction of sp³-hybridized carbons (Fsp3) is 0.273. The molecule has 0 aliphatic carbocycles. The zero-order chi connectivity index (χ0) is 19.4. The Bertz CT molecular complexity index is 963. The largest absolute Gasteiger partial charge is 0.494 e. The summed E-state index contributed by atoms with van der Waals surface area (Å²) in [5.74, 6) is 0.556. The van der Waals surface area contributed by atoms with Crippen molar-refractivity contribution in [1.29, 1.82) is 0 Å². The van der Waals surface area contributed by atoms with Gasteiger partial charge in [-0.05, 0) is 47.7 Å². The molecule has 0 unspecified atom stereocenters. The van der Waals surface area contributed by atoms with Gasteiger partial charge >= 0.3 is 5.91 Å². The van der Waals surface area contributed by atoms with Gasteiger partial charge in [-0.25, -0.2) is 5.43 Å². The number of nitrogens with one attached hydrogen (secondary N) is 1. The Kier molecular flexibility index (Phi) is 5.31. The minimum Gasteiger partial charge on any atom is -0.494 e. The third-order valence-electron chi connectivity index (χ3n) is 4.18. The van der Waals surface area contributed by atoms with Crippen LogP contribution >= 0.6 is 0 Å². The zero-order valence-electron chi connectivity index (χ0n) is 16.1. The third kappa shape index (κ3) is 4.56. The lowest BCUT2D eigenvalue weighted by Crippen LogP contribution is -2.16. The van der Waals surface area contributed by atoms with E-state index in [-0.39, 0.29) is 11.2 Å². The van der Waals surface area contributed by atoms with Crippen molar-refractivity contribution in [3.63, 3.8) is 0 Å². The maximum atomic E-state index is 12.3. The summed E-state index contributed by atoms with van der Waals surface area (Å²) < 4.78 is 11.0. The molecule has 0 atom stereocenters. The molecule has 0 aliphatic rings. The van der Waals surface area contributed by atoms with E-state index in [1.165, 1.54) is 5.56 Å². The molecule has 5 heteroatoms. The predicted octanol–water partition coefficient (Wildman–Crippen LogP) is 4.89. The van der Waals surface area contributed by atoms with Crippen molar-refractivity contribution in [3.05, 3.63) is 65.4 Å². The van der Waals surface area contributed by atoms with Gasteiger partial charge in [0.15, 0.2) is 5.76 Å². The number of hydrogen-bond donors (Lipinski definition) is 1. The summed E-state index contributed by atoms with van der Waals surface area (Å²) in [7, 11) is 0. The maximum absolute atomic E-state index is 12.3. The number of furan rings is 1. The first-order valence-corrected chi connectivity index (χ1v) is 8.97. The average molecular weight is 364 g/mol. The minimum absolute atomic E-state index is 0.104. The number of nitrogens with zero attached hydrogens (tertiary/aromatic N) is 1. The highest BCUT2D eigenvalue weighted by molar-refractivity contribution is 5.96. The molecule has 0 bridgehead atoms. The fourth-order valence-corrected chi connectivity index (χ4v) is 2.68. The van der Waals surface area contributed by atoms with E-state index < -0.39 is 5.91 Å². The summed E-state index contributed by atoms with van der Waals surface area (Å²) in [6, 6.07) is 15.2. The Morgan fingerprint density at radius 1 is 1.15 bits per heavy atom. The molecular weight excluding hydrogens is 340 g/mol. The number of ether oxygens (including phenoxy) is 1. The molecule has 0 fully saturated rings. The minimum atomic E-state index is -0.397. The van der Waals surface area contributed by atoms with Crippen LogP contribution in [0.15, 0.2) is 58.0 Å². The Hall–Kier alpha value is -3.08. The molecule has 2 aromatic carbocycles. The number of benzene rings is 2. The van der Waals surface area contributed by atoms with E-state index in [2.05, 4.69) is 43.4 Å². The molecular formula is C22H24N2O3. The summed E-state index contributed by atoms with van der Waals surface area (Å²) in [4.78, 5) is 12.3. The molecule has 1 amide bonds. The van der Waals surface area contributed by atoms with Crippen molar-refractivity contribution in [2.45, 2.75) is 33.1 Å². The van der Waals surface area contributed by atoms with Crippen molar-refractivity contribution in [2.24, 2.45) is 5.10 Å². The van der Waals surface area contributed by atoms with Crippen molar-refractivity contribution >= 4 is 23.1 Å². The van der Waals surface area contributed by atoms with Crippen LogP contribution in [0, 0.1) is 0 Å². The van der Waals surface area contributed by atoms with E-state index in [1.54, 1.807) is 18.3 Å². The Labute approximate surface area is 159 Å². The van der Waals surface area contributed by atoms with E-state index in [9.17, 15) is 4.79 Å². The van der Waals surface area contributed by atoms with Crippen molar-refractivity contribution in [2.75, 3.05) is 6.61 Å². The van der Waals surface area contributed by atoms with E-state index in [0.29, 0.717) is 12.2 Å². The number of fused-ring (bicyclic) bond motifs is 1. The van der Waals surface area contributed by atoms with Crippen LogP contribution in [-0.2, 0) is 5.41 Å². The number of carbonyl (C=O) groups is 1. The molecule has 0 saturated carbocycles. The zero-order valence-corrected chi connectivity index (χ0v) is 16.1. The summed E-state index contributed by atoms with van der Waals surface area (Å²) in [6.45, 7) is 9.01. The van der Waals surface area contributed by atoms with Gasteiger partial charge in [0.2, 0.25) is 0 Å². The Morgan fingerprint density at radius 3 is 2.56 bits per heavy atom. The first-order valence-electron chi connectivity index (χ1n) is 8.97. The van der Waals surface area contributed by atoms with Crippen LogP contribution < -0.4 is 10.2 Å². The van der Waals surface area contributed by atoms with Gasteiger partial charge in [0, 0.05) is 5.39 Å². The van der Waals surface area contributed by atoms with Crippen LogP contribution in [-0.4, -0.2) is 18.7 Å². The van der Waals surface area contributed by atoms with Crippen molar-refractivity contribution < 1.29 is 13.9 Å². The predicted molar refractivity (Wildman–Crippen MR) is 108 cm³/mol. The summed E-state index contributed by atoms with van der Waals surface area (Å²) >= 11 is 0. The third-order valence-corrected chi connectivity index (χ3v) is 4.18. The van der Waals surface area contributed by atoms with Gasteiger partial charge in [0.05, 0.1) is 12.8 Å². The van der Waals surface area contributed by atoms with Crippen molar-refractivity contribution in [1.82, 2.24) is 5.43 Å². The first-order chi connectivity index (χ1) is 12.9. The van der Waals surface area contributed by atoms with Crippen LogP contribution in [0.4, 0.5) is 0 Å². The van der Waals surface area contributed by atoms with Gasteiger partial charge in [-0.3, -0.25) is 4.79 Å². The summed E-state index contributed by atoms with van der Waals surface area (Å²) in [5, 5.41) is 4.83. The summed E-state index contributed by atoms with van der Waals surface area (Å²) in [6.07, 6.45) is 1.61. The maximum Gasteiger partial charge on any atom is 0.307 e. The van der Waals surface area contributed by atoms with Crippen LogP contribution in [0.5, 0.6) is 5.75 Å². The molecule has 27 heavy (non-hydrogen) atoms. The second-order valence-electron chi connectivity index (χ2n) is 7.31. The van der Waals surface area contributed by atoms with Gasteiger partial charge in [0.1, 0.15) is 11.3 Å². The summed E-state index contributed by atoms with van der Waals surface area (Å²) in [5.41, 5.74) is 5.39. The van der Waals surface area contributed by atoms with Gasteiger partial charge in [-0.1, -0.05) is 45.0 Å². The van der Waals surface area contributed by atoms with Crippen LogP contribution in [0.3, 0.4) is 0 Å². The second kappa shape index (κ2) is 7.66. The van der Waals surface area contributed by atoms with E-state index in [0.717, 1.165) is 16.7 Å². The molecule has 1 heterocycles. The lowest BCUT2D eigenvalue weighted by atomic mass is 9.87. The number of hydrazone groups is 1. The molecule has 0 radical (unpaired) electrons. The number of amides is 1. The highest BCUT2D eigenvalue weighted by atomic mass is 16.5. The van der Waals surface area contributed by atoms with Gasteiger partial charge < -0.3 is 9.15 Å². The standard InChI is InChI=1S/C22H24N2O3/c1-5-26-18-10-11-19-16(12-18)13-20(27-19)21(25)24-23-14-15-6-8-17(9-7-15)22(2,3)4/h6-14H,5H2,1-4H3,(H,24,25)/b23-14+.